The van der Waals surface area contributed by atoms with Crippen molar-refractivity contribution in [3.8, 4) is 0 Å². The quantitative estimate of drug-likeness (QED) is 0.128. The molecule has 3 aromatic rings. The summed E-state index contributed by atoms with van der Waals surface area (Å²) >= 11 is 0. The monoisotopic (exact) mass is 530 g/mol. The lowest BCUT2D eigenvalue weighted by Crippen LogP contribution is -2.23. The second-order valence-corrected chi connectivity index (χ2v) is 11.5. The summed E-state index contributed by atoms with van der Waals surface area (Å²) in [5.41, 5.74) is 1.54. The Morgan fingerprint density at radius 2 is 0.857 bits per heavy atom. The molecule has 192 valence electrons. The van der Waals surface area contributed by atoms with Crippen molar-refractivity contribution in [1.29, 1.82) is 0 Å². The first-order chi connectivity index (χ1) is 16.4. The second-order valence-electron chi connectivity index (χ2n) is 9.27. The van der Waals surface area contributed by atoms with E-state index in [1.165, 1.54) is 99.4 Å². The Labute approximate surface area is 228 Å². The fraction of sp³-hybridized carbons (Fsp3) is 0.438. The molecule has 0 unspecified atom stereocenters. The van der Waals surface area contributed by atoms with Gasteiger partial charge in [0, 0.05) is 0 Å². The molecule has 0 nitrogen and oxygen atoms in total. The summed E-state index contributed by atoms with van der Waals surface area (Å²) in [5, 5.41) is 4.43. The van der Waals surface area contributed by atoms with Gasteiger partial charge in [-0.1, -0.05) is 162 Å². The van der Waals surface area contributed by atoms with Gasteiger partial charge in [0.05, 0.1) is 0 Å². The largest absolute Gasteiger partial charge is 0.147 e. The van der Waals surface area contributed by atoms with Gasteiger partial charge in [-0.2, -0.15) is 0 Å². The molecule has 0 heterocycles. The topological polar surface area (TPSA) is 0 Å². The standard InChI is InChI=1S/C32H43P.2ClH/c1-2-3-4-5-6-7-8-9-10-11-12-15-22-29-23-20-21-28-32(29)33(30-24-16-13-17-25-30)31-26-18-14-19-27-31;;/h13-14,16-21,23-28H,2-12,15,22H2,1H3;2*1H. The molecule has 3 aromatic carbocycles. The molecule has 0 aromatic heterocycles. The molecule has 0 aliphatic heterocycles. The van der Waals surface area contributed by atoms with Crippen LogP contribution >= 0.6 is 32.7 Å². The molecule has 3 heteroatoms. The van der Waals surface area contributed by atoms with E-state index in [2.05, 4.69) is 91.9 Å². The summed E-state index contributed by atoms with van der Waals surface area (Å²) in [6.45, 7) is 2.30. The van der Waals surface area contributed by atoms with Gasteiger partial charge in [-0.15, -0.1) is 24.8 Å². The van der Waals surface area contributed by atoms with Gasteiger partial charge in [-0.05, 0) is 42.2 Å². The van der Waals surface area contributed by atoms with Crippen molar-refractivity contribution in [2.24, 2.45) is 0 Å². The number of hydrogen-bond donors (Lipinski definition) is 0. The molecule has 0 spiro atoms. The SMILES string of the molecule is CCCCCCCCCCCCCCc1ccccc1P(c1ccccc1)c1ccccc1.Cl.Cl. The molecule has 0 aliphatic rings. The third kappa shape index (κ3) is 11.5. The second kappa shape index (κ2) is 19.8. The lowest BCUT2D eigenvalue weighted by molar-refractivity contribution is 0.544. The predicted octanol–water partition coefficient (Wildman–Crippen LogP) is 9.53. The van der Waals surface area contributed by atoms with Crippen LogP contribution in [0.3, 0.4) is 0 Å². The molecular weight excluding hydrogens is 486 g/mol. The van der Waals surface area contributed by atoms with Crippen molar-refractivity contribution < 1.29 is 0 Å². The number of aryl methyl sites for hydroxylation is 1. The maximum atomic E-state index is 2.38. The van der Waals surface area contributed by atoms with Crippen LogP contribution in [0.1, 0.15) is 89.5 Å². The van der Waals surface area contributed by atoms with Crippen LogP contribution in [-0.4, -0.2) is 0 Å². The van der Waals surface area contributed by atoms with Gasteiger partial charge in [-0.3, -0.25) is 0 Å². The van der Waals surface area contributed by atoms with E-state index < -0.39 is 7.92 Å². The van der Waals surface area contributed by atoms with E-state index in [1.54, 1.807) is 5.56 Å². The van der Waals surface area contributed by atoms with Gasteiger partial charge in [0.15, 0.2) is 0 Å². The van der Waals surface area contributed by atoms with E-state index >= 15 is 0 Å². The summed E-state index contributed by atoms with van der Waals surface area (Å²) in [5.74, 6) is 0. The third-order valence-corrected chi connectivity index (χ3v) is 9.11. The average molecular weight is 532 g/mol. The van der Waals surface area contributed by atoms with Crippen molar-refractivity contribution in [3.05, 3.63) is 90.5 Å². The Hall–Kier alpha value is -1.33. The number of hydrogen-bond acceptors (Lipinski definition) is 0. The number of benzene rings is 3. The molecule has 0 saturated carbocycles. The van der Waals surface area contributed by atoms with Gasteiger partial charge in [0.25, 0.3) is 0 Å². The van der Waals surface area contributed by atoms with Crippen LogP contribution < -0.4 is 15.9 Å². The van der Waals surface area contributed by atoms with E-state index in [9.17, 15) is 0 Å². The average Bonchev–Trinajstić information content (AvgIpc) is 2.87. The molecule has 0 aliphatic carbocycles. The molecule has 0 saturated heterocycles. The first-order valence-electron chi connectivity index (χ1n) is 13.4. The van der Waals surface area contributed by atoms with Crippen LogP contribution in [0.25, 0.3) is 0 Å². The summed E-state index contributed by atoms with van der Waals surface area (Å²) in [4.78, 5) is 0. The van der Waals surface area contributed by atoms with Crippen LogP contribution in [0, 0.1) is 0 Å². The van der Waals surface area contributed by atoms with Gasteiger partial charge in [0.2, 0.25) is 0 Å². The van der Waals surface area contributed by atoms with Crippen molar-refractivity contribution in [1.82, 2.24) is 0 Å². The highest BCUT2D eigenvalue weighted by Crippen LogP contribution is 2.34. The predicted molar refractivity (Wildman–Crippen MR) is 164 cm³/mol. The zero-order chi connectivity index (χ0) is 23.0. The van der Waals surface area contributed by atoms with Crippen molar-refractivity contribution in [2.75, 3.05) is 0 Å². The fourth-order valence-electron chi connectivity index (χ4n) is 4.68. The van der Waals surface area contributed by atoms with Crippen molar-refractivity contribution in [3.63, 3.8) is 0 Å². The molecule has 0 bridgehead atoms. The summed E-state index contributed by atoms with van der Waals surface area (Å²) < 4.78 is 0. The minimum Gasteiger partial charge on any atom is -0.147 e. The van der Waals surface area contributed by atoms with Crippen LogP contribution in [0.15, 0.2) is 84.9 Å². The van der Waals surface area contributed by atoms with Gasteiger partial charge in [-0.25, -0.2) is 0 Å². The molecule has 0 radical (unpaired) electrons. The summed E-state index contributed by atoms with van der Waals surface area (Å²) in [6.07, 6.45) is 18.1. The van der Waals surface area contributed by atoms with E-state index in [4.69, 9.17) is 0 Å². The van der Waals surface area contributed by atoms with Crippen LogP contribution in [-0.2, 0) is 6.42 Å². The molecule has 35 heavy (non-hydrogen) atoms. The maximum absolute atomic E-state index is 2.38. The van der Waals surface area contributed by atoms with Crippen molar-refractivity contribution >= 4 is 48.6 Å². The Bertz CT molecular complexity index is 843. The highest BCUT2D eigenvalue weighted by Gasteiger charge is 2.18. The molecular formula is C32H45Cl2P. The molecule has 0 fully saturated rings. The van der Waals surface area contributed by atoms with E-state index in [0.717, 1.165) is 0 Å². The van der Waals surface area contributed by atoms with Gasteiger partial charge >= 0.3 is 0 Å². The minimum atomic E-state index is -0.507. The lowest BCUT2D eigenvalue weighted by Gasteiger charge is -2.22. The van der Waals surface area contributed by atoms with Gasteiger partial charge < -0.3 is 0 Å². The van der Waals surface area contributed by atoms with Crippen molar-refractivity contribution in [2.45, 2.75) is 90.4 Å². The zero-order valence-corrected chi connectivity index (χ0v) is 24.1. The Morgan fingerprint density at radius 1 is 0.457 bits per heavy atom. The van der Waals surface area contributed by atoms with Gasteiger partial charge in [0.1, 0.15) is 0 Å². The summed E-state index contributed by atoms with van der Waals surface area (Å²) in [7, 11) is -0.507. The number of rotatable bonds is 16. The first-order valence-corrected chi connectivity index (χ1v) is 14.7. The maximum Gasteiger partial charge on any atom is -0.0119 e. The Kier molecular flexibility index (Phi) is 17.9. The lowest BCUT2D eigenvalue weighted by atomic mass is 10.0. The molecule has 0 N–H and O–H groups in total. The number of halogens is 2. The van der Waals surface area contributed by atoms with E-state index in [-0.39, 0.29) is 24.8 Å². The van der Waals surface area contributed by atoms with Crippen LogP contribution in [0.2, 0.25) is 0 Å². The fourth-order valence-corrected chi connectivity index (χ4v) is 7.18. The van der Waals surface area contributed by atoms with E-state index in [0.29, 0.717) is 0 Å². The highest BCUT2D eigenvalue weighted by atomic mass is 35.5. The van der Waals surface area contributed by atoms with E-state index in [1.807, 2.05) is 0 Å². The number of unbranched alkanes of at least 4 members (excludes halogenated alkanes) is 11. The third-order valence-electron chi connectivity index (χ3n) is 6.56. The Balaban J connectivity index is 0.00000306. The Morgan fingerprint density at radius 3 is 1.34 bits per heavy atom. The van der Waals surface area contributed by atoms with Crippen LogP contribution in [0.5, 0.6) is 0 Å². The minimum absolute atomic E-state index is 0. The highest BCUT2D eigenvalue weighted by molar-refractivity contribution is 7.79. The smallest absolute Gasteiger partial charge is 0.0119 e. The normalized spacial score (nSPS) is 10.6. The molecule has 3 rings (SSSR count). The molecule has 0 amide bonds. The first kappa shape index (κ1) is 31.7. The summed E-state index contributed by atoms with van der Waals surface area (Å²) in [6, 6.07) is 31.4. The van der Waals surface area contributed by atoms with Crippen LogP contribution in [0.4, 0.5) is 0 Å². The zero-order valence-electron chi connectivity index (χ0n) is 21.5. The molecule has 0 atom stereocenters.